The first kappa shape index (κ1) is 15.5. The Kier molecular flexibility index (Phi) is 10.2. The van der Waals surface area contributed by atoms with Crippen molar-refractivity contribution in [2.24, 2.45) is 5.73 Å². The summed E-state index contributed by atoms with van der Waals surface area (Å²) in [6, 6.07) is 0. The highest BCUT2D eigenvalue weighted by Crippen LogP contribution is 2.18. The van der Waals surface area contributed by atoms with Crippen molar-refractivity contribution in [2.45, 2.75) is 58.4 Å². The number of rotatable bonds is 6. The Morgan fingerprint density at radius 3 is 1.85 bits per heavy atom. The van der Waals surface area contributed by atoms with E-state index in [9.17, 15) is 0 Å². The summed E-state index contributed by atoms with van der Waals surface area (Å²) in [4.78, 5) is 0. The van der Waals surface area contributed by atoms with E-state index in [2.05, 4.69) is 32.9 Å². The predicted octanol–water partition coefficient (Wildman–Crippen LogP) is 3.67. The molecule has 0 radical (unpaired) electrons. The van der Waals surface area contributed by atoms with Crippen LogP contribution in [0, 0.1) is 0 Å². The lowest BCUT2D eigenvalue weighted by Gasteiger charge is -2.24. The molecule has 1 nitrogen and oxygen atoms in total. The molecule has 0 rings (SSSR count). The van der Waals surface area contributed by atoms with E-state index >= 15 is 0 Å². The molecule has 0 unspecified atom stereocenters. The van der Waals surface area contributed by atoms with Gasteiger partial charge >= 0.3 is 0 Å². The Bertz CT molecular complexity index is 126. The van der Waals surface area contributed by atoms with Gasteiger partial charge in [-0.2, -0.15) is 0 Å². The highest BCUT2D eigenvalue weighted by atomic mass is 35.5. The maximum absolute atomic E-state index is 6.22. The smallest absolute Gasteiger partial charge is 0.0338 e. The van der Waals surface area contributed by atoms with E-state index in [1.165, 1.54) is 12.8 Å². The third kappa shape index (κ3) is 7.09. The zero-order valence-corrected chi connectivity index (χ0v) is 9.99. The van der Waals surface area contributed by atoms with Gasteiger partial charge in [-0.15, -0.1) is 12.4 Å². The van der Waals surface area contributed by atoms with E-state index in [-0.39, 0.29) is 17.9 Å². The lowest BCUT2D eigenvalue weighted by atomic mass is 9.89. The molecular formula is C11H24ClN. The van der Waals surface area contributed by atoms with Crippen LogP contribution in [0.1, 0.15) is 52.9 Å². The summed E-state index contributed by atoms with van der Waals surface area (Å²) >= 11 is 0. The molecular weight excluding hydrogens is 182 g/mol. The van der Waals surface area contributed by atoms with Crippen LogP contribution in [0.3, 0.4) is 0 Å². The summed E-state index contributed by atoms with van der Waals surface area (Å²) in [5, 5.41) is 0. The Morgan fingerprint density at radius 1 is 1.08 bits per heavy atom. The van der Waals surface area contributed by atoms with Crippen LogP contribution in [-0.2, 0) is 0 Å². The van der Waals surface area contributed by atoms with Crippen LogP contribution in [0.2, 0.25) is 0 Å². The molecule has 0 atom stereocenters. The average molecular weight is 206 g/mol. The lowest BCUT2D eigenvalue weighted by molar-refractivity contribution is 0.439. The van der Waals surface area contributed by atoms with Gasteiger partial charge in [0.1, 0.15) is 0 Å². The van der Waals surface area contributed by atoms with Gasteiger partial charge in [-0.25, -0.2) is 0 Å². The zero-order chi connectivity index (χ0) is 9.45. The van der Waals surface area contributed by atoms with Crippen molar-refractivity contribution in [2.75, 3.05) is 0 Å². The molecule has 0 saturated carbocycles. The molecule has 2 N–H and O–H groups in total. The highest BCUT2D eigenvalue weighted by molar-refractivity contribution is 5.85. The summed E-state index contributed by atoms with van der Waals surface area (Å²) in [5.74, 6) is 0. The Labute approximate surface area is 89.2 Å². The van der Waals surface area contributed by atoms with Crippen LogP contribution >= 0.6 is 12.4 Å². The quantitative estimate of drug-likeness (QED) is 0.658. The SMILES string of the molecule is CCC=CC(N)(CCC)CCC.Cl. The van der Waals surface area contributed by atoms with Gasteiger partial charge in [0.05, 0.1) is 0 Å². The number of allylic oxidation sites excluding steroid dienone is 1. The molecule has 0 saturated heterocycles. The van der Waals surface area contributed by atoms with Gasteiger partial charge in [0, 0.05) is 5.54 Å². The van der Waals surface area contributed by atoms with Gasteiger partial charge in [-0.1, -0.05) is 45.8 Å². The van der Waals surface area contributed by atoms with E-state index in [1.54, 1.807) is 0 Å². The average Bonchev–Trinajstić information content (AvgIpc) is 2.02. The van der Waals surface area contributed by atoms with Crippen molar-refractivity contribution in [1.29, 1.82) is 0 Å². The Hall–Kier alpha value is -0.0100. The first-order chi connectivity index (χ1) is 5.68. The van der Waals surface area contributed by atoms with Gasteiger partial charge in [0.25, 0.3) is 0 Å². The molecule has 0 amide bonds. The summed E-state index contributed by atoms with van der Waals surface area (Å²) in [6.45, 7) is 6.53. The largest absolute Gasteiger partial charge is 0.322 e. The summed E-state index contributed by atoms with van der Waals surface area (Å²) in [7, 11) is 0. The van der Waals surface area contributed by atoms with Crippen molar-refractivity contribution in [3.8, 4) is 0 Å². The highest BCUT2D eigenvalue weighted by Gasteiger charge is 2.18. The van der Waals surface area contributed by atoms with Crippen LogP contribution in [0.4, 0.5) is 0 Å². The molecule has 2 heteroatoms. The second kappa shape index (κ2) is 8.58. The molecule has 80 valence electrons. The van der Waals surface area contributed by atoms with Crippen LogP contribution in [0.25, 0.3) is 0 Å². The van der Waals surface area contributed by atoms with Crippen molar-refractivity contribution in [3.63, 3.8) is 0 Å². The first-order valence-electron chi connectivity index (χ1n) is 5.15. The number of nitrogens with two attached hydrogens (primary N) is 1. The van der Waals surface area contributed by atoms with E-state index < -0.39 is 0 Å². The summed E-state index contributed by atoms with van der Waals surface area (Å²) in [5.41, 5.74) is 6.19. The predicted molar refractivity (Wildman–Crippen MR) is 63.4 cm³/mol. The Balaban J connectivity index is 0. The monoisotopic (exact) mass is 205 g/mol. The number of hydrogen-bond donors (Lipinski definition) is 1. The Morgan fingerprint density at radius 2 is 1.54 bits per heavy atom. The molecule has 0 aliphatic carbocycles. The first-order valence-corrected chi connectivity index (χ1v) is 5.15. The molecule has 0 aliphatic heterocycles. The minimum absolute atomic E-state index is 0. The fourth-order valence-electron chi connectivity index (χ4n) is 1.58. The van der Waals surface area contributed by atoms with Gasteiger partial charge in [-0.05, 0) is 19.3 Å². The maximum atomic E-state index is 6.22. The molecule has 0 heterocycles. The third-order valence-electron chi connectivity index (χ3n) is 2.12. The molecule has 0 spiro atoms. The van der Waals surface area contributed by atoms with Crippen molar-refractivity contribution >= 4 is 12.4 Å². The van der Waals surface area contributed by atoms with Crippen LogP contribution < -0.4 is 5.73 Å². The number of halogens is 1. The van der Waals surface area contributed by atoms with Gasteiger partial charge < -0.3 is 5.73 Å². The maximum Gasteiger partial charge on any atom is 0.0338 e. The standard InChI is InChI=1S/C11H23N.ClH/c1-4-7-10-11(12,8-5-2)9-6-3;/h7,10H,4-6,8-9,12H2,1-3H3;1H. The molecule has 0 aromatic rings. The van der Waals surface area contributed by atoms with Crippen molar-refractivity contribution in [1.82, 2.24) is 0 Å². The van der Waals surface area contributed by atoms with Gasteiger partial charge in [-0.3, -0.25) is 0 Å². The minimum atomic E-state index is -0.0283. The molecule has 0 bridgehead atoms. The minimum Gasteiger partial charge on any atom is -0.322 e. The van der Waals surface area contributed by atoms with E-state index in [1.807, 2.05) is 0 Å². The van der Waals surface area contributed by atoms with Crippen LogP contribution in [0.5, 0.6) is 0 Å². The second-order valence-electron chi connectivity index (χ2n) is 3.54. The third-order valence-corrected chi connectivity index (χ3v) is 2.12. The summed E-state index contributed by atoms with van der Waals surface area (Å²) in [6.07, 6.45) is 10.0. The van der Waals surface area contributed by atoms with Crippen LogP contribution in [0.15, 0.2) is 12.2 Å². The molecule has 0 aliphatic rings. The fourth-order valence-corrected chi connectivity index (χ4v) is 1.58. The van der Waals surface area contributed by atoms with Crippen molar-refractivity contribution < 1.29 is 0 Å². The topological polar surface area (TPSA) is 26.0 Å². The second-order valence-corrected chi connectivity index (χ2v) is 3.54. The van der Waals surface area contributed by atoms with E-state index in [4.69, 9.17) is 5.73 Å². The van der Waals surface area contributed by atoms with E-state index in [0.29, 0.717) is 0 Å². The molecule has 13 heavy (non-hydrogen) atoms. The molecule has 0 aromatic carbocycles. The van der Waals surface area contributed by atoms with Crippen molar-refractivity contribution in [3.05, 3.63) is 12.2 Å². The molecule has 0 fully saturated rings. The van der Waals surface area contributed by atoms with E-state index in [0.717, 1.165) is 19.3 Å². The zero-order valence-electron chi connectivity index (χ0n) is 9.18. The van der Waals surface area contributed by atoms with Crippen LogP contribution in [-0.4, -0.2) is 5.54 Å². The normalized spacial score (nSPS) is 11.7. The summed E-state index contributed by atoms with van der Waals surface area (Å²) < 4.78 is 0. The number of hydrogen-bond acceptors (Lipinski definition) is 1. The fraction of sp³-hybridized carbons (Fsp3) is 0.818. The van der Waals surface area contributed by atoms with Gasteiger partial charge in [0.15, 0.2) is 0 Å². The van der Waals surface area contributed by atoms with Gasteiger partial charge in [0.2, 0.25) is 0 Å². The molecule has 0 aromatic heterocycles. The lowest BCUT2D eigenvalue weighted by Crippen LogP contribution is -2.37.